The standard InChI is InChI=1S/C13H13FN2O2/c1-9-10(4-6-18-9)8-16(2)13(17)11-3-5-15-7-12(11)14/h3-7H,8H2,1-2H3. The van der Waals surface area contributed by atoms with Crippen LogP contribution < -0.4 is 0 Å². The van der Waals surface area contributed by atoms with Gasteiger partial charge in [0.2, 0.25) is 0 Å². The highest BCUT2D eigenvalue weighted by molar-refractivity contribution is 5.94. The Morgan fingerprint density at radius 1 is 1.50 bits per heavy atom. The number of carbonyl (C=O) groups is 1. The van der Waals surface area contributed by atoms with Crippen molar-refractivity contribution >= 4 is 5.91 Å². The Morgan fingerprint density at radius 3 is 2.89 bits per heavy atom. The predicted octanol–water partition coefficient (Wildman–Crippen LogP) is 2.39. The van der Waals surface area contributed by atoms with Crippen LogP contribution in [0.3, 0.4) is 0 Å². The molecule has 2 heterocycles. The van der Waals surface area contributed by atoms with Gasteiger partial charge in [0.05, 0.1) is 18.0 Å². The molecule has 2 rings (SSSR count). The fourth-order valence-electron chi connectivity index (χ4n) is 1.66. The lowest BCUT2D eigenvalue weighted by molar-refractivity contribution is 0.0780. The zero-order chi connectivity index (χ0) is 13.1. The Kier molecular flexibility index (Phi) is 3.41. The van der Waals surface area contributed by atoms with Crippen LogP contribution in [0.15, 0.2) is 35.2 Å². The van der Waals surface area contributed by atoms with Crippen LogP contribution in [0.5, 0.6) is 0 Å². The topological polar surface area (TPSA) is 46.3 Å². The largest absolute Gasteiger partial charge is 0.469 e. The van der Waals surface area contributed by atoms with Gasteiger partial charge in [0.1, 0.15) is 5.76 Å². The average molecular weight is 248 g/mol. The van der Waals surface area contributed by atoms with Crippen LogP contribution in [0.25, 0.3) is 0 Å². The number of rotatable bonds is 3. The van der Waals surface area contributed by atoms with Crippen molar-refractivity contribution in [3.63, 3.8) is 0 Å². The van der Waals surface area contributed by atoms with Crippen molar-refractivity contribution in [2.75, 3.05) is 7.05 Å². The fraction of sp³-hybridized carbons (Fsp3) is 0.231. The van der Waals surface area contributed by atoms with E-state index in [2.05, 4.69) is 4.98 Å². The third-order valence-corrected chi connectivity index (χ3v) is 2.72. The summed E-state index contributed by atoms with van der Waals surface area (Å²) in [6, 6.07) is 3.17. The molecule has 94 valence electrons. The summed E-state index contributed by atoms with van der Waals surface area (Å²) in [5.41, 5.74) is 0.925. The Bertz CT molecular complexity index is 566. The molecule has 0 aliphatic heterocycles. The lowest BCUT2D eigenvalue weighted by Crippen LogP contribution is -2.27. The van der Waals surface area contributed by atoms with Crippen LogP contribution in [0.1, 0.15) is 21.7 Å². The fourth-order valence-corrected chi connectivity index (χ4v) is 1.66. The van der Waals surface area contributed by atoms with E-state index in [9.17, 15) is 9.18 Å². The molecule has 4 nitrogen and oxygen atoms in total. The zero-order valence-corrected chi connectivity index (χ0v) is 10.2. The van der Waals surface area contributed by atoms with Gasteiger partial charge in [-0.05, 0) is 19.1 Å². The molecule has 2 aromatic rings. The van der Waals surface area contributed by atoms with E-state index >= 15 is 0 Å². The maximum absolute atomic E-state index is 13.4. The molecule has 5 heteroatoms. The van der Waals surface area contributed by atoms with Gasteiger partial charge in [0.25, 0.3) is 5.91 Å². The third-order valence-electron chi connectivity index (χ3n) is 2.72. The molecule has 0 atom stereocenters. The van der Waals surface area contributed by atoms with Crippen LogP contribution in [-0.2, 0) is 6.54 Å². The maximum Gasteiger partial charge on any atom is 0.256 e. The molecule has 0 aromatic carbocycles. The van der Waals surface area contributed by atoms with Crippen LogP contribution in [0.2, 0.25) is 0 Å². The summed E-state index contributed by atoms with van der Waals surface area (Å²) >= 11 is 0. The van der Waals surface area contributed by atoms with Crippen molar-refractivity contribution in [1.29, 1.82) is 0 Å². The second kappa shape index (κ2) is 5.00. The van der Waals surface area contributed by atoms with E-state index < -0.39 is 5.82 Å². The molecule has 0 spiro atoms. The predicted molar refractivity (Wildman–Crippen MR) is 63.4 cm³/mol. The Balaban J connectivity index is 2.15. The number of aryl methyl sites for hydroxylation is 1. The number of hydrogen-bond donors (Lipinski definition) is 0. The molecule has 0 aliphatic carbocycles. The smallest absolute Gasteiger partial charge is 0.256 e. The Morgan fingerprint density at radius 2 is 2.28 bits per heavy atom. The van der Waals surface area contributed by atoms with Gasteiger partial charge in [-0.25, -0.2) is 4.39 Å². The number of amides is 1. The second-order valence-corrected chi connectivity index (χ2v) is 4.02. The highest BCUT2D eigenvalue weighted by atomic mass is 19.1. The molecular formula is C13H13FN2O2. The Hall–Kier alpha value is -2.17. The number of pyridine rings is 1. The quantitative estimate of drug-likeness (QED) is 0.837. The lowest BCUT2D eigenvalue weighted by Gasteiger charge is -2.16. The minimum atomic E-state index is -0.613. The van der Waals surface area contributed by atoms with Crippen molar-refractivity contribution in [2.45, 2.75) is 13.5 Å². The van der Waals surface area contributed by atoms with Gasteiger partial charge in [0, 0.05) is 25.4 Å². The average Bonchev–Trinajstić information content (AvgIpc) is 2.75. The molecule has 2 aromatic heterocycles. The van der Waals surface area contributed by atoms with E-state index in [-0.39, 0.29) is 11.5 Å². The van der Waals surface area contributed by atoms with Crippen LogP contribution >= 0.6 is 0 Å². The first kappa shape index (κ1) is 12.3. The number of aromatic nitrogens is 1. The van der Waals surface area contributed by atoms with E-state index in [0.29, 0.717) is 6.54 Å². The van der Waals surface area contributed by atoms with E-state index in [4.69, 9.17) is 4.42 Å². The van der Waals surface area contributed by atoms with E-state index in [1.54, 1.807) is 19.4 Å². The van der Waals surface area contributed by atoms with Crippen molar-refractivity contribution in [2.24, 2.45) is 0 Å². The normalized spacial score (nSPS) is 10.4. The van der Waals surface area contributed by atoms with Gasteiger partial charge in [-0.1, -0.05) is 0 Å². The van der Waals surface area contributed by atoms with Crippen molar-refractivity contribution in [3.8, 4) is 0 Å². The van der Waals surface area contributed by atoms with Crippen LogP contribution in [0.4, 0.5) is 4.39 Å². The Labute approximate surface area is 104 Å². The molecule has 18 heavy (non-hydrogen) atoms. The van der Waals surface area contributed by atoms with E-state index in [1.165, 1.54) is 17.2 Å². The highest BCUT2D eigenvalue weighted by Gasteiger charge is 2.17. The summed E-state index contributed by atoms with van der Waals surface area (Å²) in [5, 5.41) is 0. The minimum absolute atomic E-state index is 0.0219. The summed E-state index contributed by atoms with van der Waals surface area (Å²) in [7, 11) is 1.62. The zero-order valence-electron chi connectivity index (χ0n) is 10.2. The van der Waals surface area contributed by atoms with Crippen molar-refractivity contribution < 1.29 is 13.6 Å². The van der Waals surface area contributed by atoms with Gasteiger partial charge >= 0.3 is 0 Å². The van der Waals surface area contributed by atoms with Crippen LogP contribution in [0, 0.1) is 12.7 Å². The first-order valence-electron chi connectivity index (χ1n) is 5.47. The number of nitrogens with zero attached hydrogens (tertiary/aromatic N) is 2. The van der Waals surface area contributed by atoms with Gasteiger partial charge in [-0.15, -0.1) is 0 Å². The van der Waals surface area contributed by atoms with Crippen LogP contribution in [-0.4, -0.2) is 22.8 Å². The lowest BCUT2D eigenvalue weighted by atomic mass is 10.2. The first-order valence-corrected chi connectivity index (χ1v) is 5.47. The summed E-state index contributed by atoms with van der Waals surface area (Å²) in [4.78, 5) is 17.1. The molecule has 0 N–H and O–H groups in total. The molecule has 0 bridgehead atoms. The molecular weight excluding hydrogens is 235 g/mol. The molecule has 1 amide bonds. The molecule has 0 aliphatic rings. The van der Waals surface area contributed by atoms with E-state index in [0.717, 1.165) is 17.5 Å². The molecule has 0 unspecified atom stereocenters. The number of carbonyl (C=O) groups excluding carboxylic acids is 1. The molecule has 0 fully saturated rings. The highest BCUT2D eigenvalue weighted by Crippen LogP contribution is 2.14. The SMILES string of the molecule is Cc1occc1CN(C)C(=O)c1ccncc1F. The van der Waals surface area contributed by atoms with Crippen molar-refractivity contribution in [1.82, 2.24) is 9.88 Å². The summed E-state index contributed by atoms with van der Waals surface area (Å²) < 4.78 is 18.6. The monoisotopic (exact) mass is 248 g/mol. The number of hydrogen-bond acceptors (Lipinski definition) is 3. The number of furan rings is 1. The first-order chi connectivity index (χ1) is 8.59. The van der Waals surface area contributed by atoms with Gasteiger partial charge in [-0.2, -0.15) is 0 Å². The minimum Gasteiger partial charge on any atom is -0.469 e. The molecule has 0 saturated heterocycles. The van der Waals surface area contributed by atoms with E-state index in [1.807, 2.05) is 6.92 Å². The molecule has 0 saturated carbocycles. The summed E-state index contributed by atoms with van der Waals surface area (Å²) in [5.74, 6) is -0.237. The second-order valence-electron chi connectivity index (χ2n) is 4.02. The van der Waals surface area contributed by atoms with Crippen molar-refractivity contribution in [3.05, 3.63) is 53.5 Å². The maximum atomic E-state index is 13.4. The van der Waals surface area contributed by atoms with Gasteiger partial charge in [-0.3, -0.25) is 9.78 Å². The summed E-state index contributed by atoms with van der Waals surface area (Å²) in [6.45, 7) is 2.20. The molecule has 0 radical (unpaired) electrons. The van der Waals surface area contributed by atoms with Gasteiger partial charge < -0.3 is 9.32 Å². The summed E-state index contributed by atoms with van der Waals surface area (Å²) in [6.07, 6.45) is 3.99. The van der Waals surface area contributed by atoms with Gasteiger partial charge in [0.15, 0.2) is 5.82 Å². The number of halogens is 1. The third kappa shape index (κ3) is 2.40.